The largest absolute Gasteiger partial charge is 0.354 e. The first kappa shape index (κ1) is 16.4. The van der Waals surface area contributed by atoms with Gasteiger partial charge in [-0.3, -0.25) is 0 Å². The number of nitrogens with one attached hydrogen (secondary N) is 1. The van der Waals surface area contributed by atoms with Crippen LogP contribution in [0.4, 0.5) is 5.95 Å². The summed E-state index contributed by atoms with van der Waals surface area (Å²) in [4.78, 5) is 13.9. The molecule has 0 unspecified atom stereocenters. The molecule has 2 aliphatic carbocycles. The van der Waals surface area contributed by atoms with Gasteiger partial charge in [-0.2, -0.15) is 5.10 Å². The molecule has 0 amide bonds. The van der Waals surface area contributed by atoms with E-state index in [1.54, 1.807) is 0 Å². The highest BCUT2D eigenvalue weighted by molar-refractivity contribution is 5.79. The van der Waals surface area contributed by atoms with Crippen molar-refractivity contribution in [2.75, 3.05) is 11.9 Å². The Bertz CT molecular complexity index is 1040. The molecule has 6 heteroatoms. The molecule has 3 heterocycles. The minimum Gasteiger partial charge on any atom is -0.354 e. The molecule has 27 heavy (non-hydrogen) atoms. The molecular formula is C21H24N6. The number of hydrogen-bond donors (Lipinski definition) is 1. The fourth-order valence-electron chi connectivity index (χ4n) is 3.61. The molecule has 5 rings (SSSR count). The van der Waals surface area contributed by atoms with Gasteiger partial charge in [0.2, 0.25) is 5.95 Å². The zero-order valence-corrected chi connectivity index (χ0v) is 15.9. The smallest absolute Gasteiger partial charge is 0.222 e. The van der Waals surface area contributed by atoms with Crippen LogP contribution in [0.3, 0.4) is 0 Å². The second kappa shape index (κ2) is 6.15. The molecule has 2 aliphatic rings. The molecule has 0 aliphatic heterocycles. The SMILES string of the molecule is Cc1cn2nc(C3=CCCCc4nc(NCC5(C)CC5)ncc43)ccc2n1. The molecule has 138 valence electrons. The van der Waals surface area contributed by atoms with E-state index < -0.39 is 0 Å². The van der Waals surface area contributed by atoms with Gasteiger partial charge in [-0.1, -0.05) is 13.0 Å². The van der Waals surface area contributed by atoms with E-state index in [9.17, 15) is 0 Å². The van der Waals surface area contributed by atoms with Gasteiger partial charge in [-0.15, -0.1) is 0 Å². The number of anilines is 1. The predicted octanol–water partition coefficient (Wildman–Crippen LogP) is 3.81. The second-order valence-electron chi connectivity index (χ2n) is 8.13. The van der Waals surface area contributed by atoms with Crippen LogP contribution in [0.2, 0.25) is 0 Å². The van der Waals surface area contributed by atoms with Crippen LogP contribution in [0, 0.1) is 12.3 Å². The highest BCUT2D eigenvalue weighted by atomic mass is 15.2. The average Bonchev–Trinajstić information content (AvgIpc) is 3.34. The Hall–Kier alpha value is -2.76. The summed E-state index contributed by atoms with van der Waals surface area (Å²) >= 11 is 0. The quantitative estimate of drug-likeness (QED) is 0.766. The Labute approximate surface area is 158 Å². The fraction of sp³-hybridized carbons (Fsp3) is 0.429. The van der Waals surface area contributed by atoms with Gasteiger partial charge in [0, 0.05) is 23.9 Å². The maximum absolute atomic E-state index is 4.84. The van der Waals surface area contributed by atoms with Gasteiger partial charge in [0.15, 0.2) is 5.65 Å². The van der Waals surface area contributed by atoms with Crippen LogP contribution in [-0.2, 0) is 6.42 Å². The first-order valence-corrected chi connectivity index (χ1v) is 9.73. The van der Waals surface area contributed by atoms with Gasteiger partial charge in [-0.05, 0) is 56.6 Å². The lowest BCUT2D eigenvalue weighted by molar-refractivity contribution is 0.607. The van der Waals surface area contributed by atoms with E-state index in [0.717, 1.165) is 65.6 Å². The van der Waals surface area contributed by atoms with Crippen LogP contribution in [0.1, 0.15) is 55.3 Å². The van der Waals surface area contributed by atoms with E-state index >= 15 is 0 Å². The third-order valence-corrected chi connectivity index (χ3v) is 5.62. The molecular weight excluding hydrogens is 336 g/mol. The summed E-state index contributed by atoms with van der Waals surface area (Å²) in [5.41, 5.74) is 6.55. The van der Waals surface area contributed by atoms with Crippen LogP contribution >= 0.6 is 0 Å². The van der Waals surface area contributed by atoms with Gasteiger partial charge < -0.3 is 5.32 Å². The molecule has 0 spiro atoms. The van der Waals surface area contributed by atoms with Gasteiger partial charge in [-0.25, -0.2) is 19.5 Å². The maximum Gasteiger partial charge on any atom is 0.222 e. The lowest BCUT2D eigenvalue weighted by Gasteiger charge is -2.13. The lowest BCUT2D eigenvalue weighted by atomic mass is 10.0. The van der Waals surface area contributed by atoms with Gasteiger partial charge in [0.05, 0.1) is 23.3 Å². The van der Waals surface area contributed by atoms with Crippen LogP contribution in [0.25, 0.3) is 11.2 Å². The maximum atomic E-state index is 4.84. The van der Waals surface area contributed by atoms with Crippen molar-refractivity contribution in [3.8, 4) is 0 Å². The second-order valence-corrected chi connectivity index (χ2v) is 8.13. The third-order valence-electron chi connectivity index (χ3n) is 5.62. The molecule has 1 N–H and O–H groups in total. The first-order chi connectivity index (χ1) is 13.1. The summed E-state index contributed by atoms with van der Waals surface area (Å²) in [6.45, 7) is 5.25. The van der Waals surface area contributed by atoms with E-state index in [-0.39, 0.29) is 0 Å². The summed E-state index contributed by atoms with van der Waals surface area (Å²) in [6, 6.07) is 4.07. The topological polar surface area (TPSA) is 68.0 Å². The van der Waals surface area contributed by atoms with E-state index in [1.165, 1.54) is 12.8 Å². The summed E-state index contributed by atoms with van der Waals surface area (Å²) in [6.07, 6.45) is 11.9. The van der Waals surface area contributed by atoms with Crippen molar-refractivity contribution in [3.05, 3.63) is 53.2 Å². The standard InChI is InChI=1S/C21H24N6/c1-14-12-27-19(24-14)8-7-18(26-27)15-5-3-4-6-17-16(15)11-22-20(25-17)23-13-21(2)9-10-21/h5,7-8,11-12H,3-4,6,9-10,13H2,1-2H3,(H,22,23,25). The van der Waals surface area contributed by atoms with Crippen molar-refractivity contribution in [3.63, 3.8) is 0 Å². The zero-order valence-electron chi connectivity index (χ0n) is 15.9. The molecule has 0 saturated heterocycles. The summed E-state index contributed by atoms with van der Waals surface area (Å²) in [7, 11) is 0. The Kier molecular flexibility index (Phi) is 3.74. The van der Waals surface area contributed by atoms with Crippen LogP contribution < -0.4 is 5.32 Å². The number of nitrogens with zero attached hydrogens (tertiary/aromatic N) is 5. The number of aromatic nitrogens is 5. The van der Waals surface area contributed by atoms with E-state index in [4.69, 9.17) is 10.1 Å². The molecule has 0 bridgehead atoms. The minimum atomic E-state index is 0.434. The lowest BCUT2D eigenvalue weighted by Crippen LogP contribution is -2.15. The van der Waals surface area contributed by atoms with Crippen LogP contribution in [0.15, 0.2) is 30.6 Å². The normalized spacial score (nSPS) is 17.9. The highest BCUT2D eigenvalue weighted by Gasteiger charge is 2.37. The summed E-state index contributed by atoms with van der Waals surface area (Å²) < 4.78 is 1.85. The zero-order chi connectivity index (χ0) is 18.4. The van der Waals surface area contributed by atoms with Gasteiger partial charge in [0.1, 0.15) is 0 Å². The van der Waals surface area contributed by atoms with Crippen molar-refractivity contribution < 1.29 is 0 Å². The van der Waals surface area contributed by atoms with Crippen molar-refractivity contribution in [2.24, 2.45) is 5.41 Å². The number of hydrogen-bond acceptors (Lipinski definition) is 5. The molecule has 1 saturated carbocycles. The monoisotopic (exact) mass is 360 g/mol. The van der Waals surface area contributed by atoms with Gasteiger partial charge >= 0.3 is 0 Å². The van der Waals surface area contributed by atoms with Crippen molar-refractivity contribution in [2.45, 2.75) is 46.0 Å². The minimum absolute atomic E-state index is 0.434. The predicted molar refractivity (Wildman–Crippen MR) is 106 cm³/mol. The average molecular weight is 360 g/mol. The Morgan fingerprint density at radius 2 is 2.11 bits per heavy atom. The van der Waals surface area contributed by atoms with E-state index in [0.29, 0.717) is 5.41 Å². The van der Waals surface area contributed by atoms with Crippen molar-refractivity contribution >= 4 is 17.2 Å². The number of allylic oxidation sites excluding steroid dienone is 1. The van der Waals surface area contributed by atoms with Crippen LogP contribution in [-0.4, -0.2) is 31.1 Å². The number of rotatable bonds is 4. The molecule has 0 atom stereocenters. The molecule has 1 fully saturated rings. The number of imidazole rings is 1. The summed E-state index contributed by atoms with van der Waals surface area (Å²) in [5, 5.41) is 8.20. The molecule has 0 radical (unpaired) electrons. The number of fused-ring (bicyclic) bond motifs is 2. The fourth-order valence-corrected chi connectivity index (χ4v) is 3.61. The van der Waals surface area contributed by atoms with E-state index in [1.807, 2.05) is 36.0 Å². The Balaban J connectivity index is 1.49. The van der Waals surface area contributed by atoms with Gasteiger partial charge in [0.25, 0.3) is 0 Å². The Morgan fingerprint density at radius 1 is 1.22 bits per heavy atom. The number of aryl methyl sites for hydroxylation is 2. The highest BCUT2D eigenvalue weighted by Crippen LogP contribution is 2.44. The third kappa shape index (κ3) is 3.20. The van der Waals surface area contributed by atoms with Crippen molar-refractivity contribution in [1.29, 1.82) is 0 Å². The van der Waals surface area contributed by atoms with E-state index in [2.05, 4.69) is 28.3 Å². The van der Waals surface area contributed by atoms with Crippen LogP contribution in [0.5, 0.6) is 0 Å². The summed E-state index contributed by atoms with van der Waals surface area (Å²) in [5.74, 6) is 0.747. The molecule has 6 nitrogen and oxygen atoms in total. The van der Waals surface area contributed by atoms with Crippen molar-refractivity contribution in [1.82, 2.24) is 24.6 Å². The molecule has 3 aromatic rings. The molecule has 0 aromatic carbocycles. The molecule has 3 aromatic heterocycles. The first-order valence-electron chi connectivity index (χ1n) is 9.73. The Morgan fingerprint density at radius 3 is 2.96 bits per heavy atom.